The number of carbonyl (C=O) groups excluding carboxylic acids is 1. The SMILES string of the molecule is CCC(N)CC(=O)NCCCOc1ccccc1. The predicted octanol–water partition coefficient (Wildman–Crippen LogP) is 1.70. The average Bonchev–Trinajstić information content (AvgIpc) is 2.39. The van der Waals surface area contributed by atoms with Crippen LogP contribution in [0.2, 0.25) is 0 Å². The molecule has 0 radical (unpaired) electrons. The predicted molar refractivity (Wildman–Crippen MR) is 72.4 cm³/mol. The molecule has 1 aromatic carbocycles. The second-order valence-electron chi connectivity index (χ2n) is 4.24. The molecule has 1 rings (SSSR count). The summed E-state index contributed by atoms with van der Waals surface area (Å²) in [6.45, 7) is 3.21. The molecule has 0 fully saturated rings. The van der Waals surface area contributed by atoms with E-state index in [9.17, 15) is 4.79 Å². The minimum atomic E-state index is -0.0365. The van der Waals surface area contributed by atoms with Crippen molar-refractivity contribution in [1.29, 1.82) is 0 Å². The van der Waals surface area contributed by atoms with Crippen molar-refractivity contribution in [1.82, 2.24) is 5.32 Å². The zero-order chi connectivity index (χ0) is 13.2. The third-order valence-corrected chi connectivity index (χ3v) is 2.63. The number of nitrogens with two attached hydrogens (primary N) is 1. The Morgan fingerprint density at radius 3 is 2.78 bits per heavy atom. The second kappa shape index (κ2) is 8.53. The largest absolute Gasteiger partial charge is 0.494 e. The van der Waals surface area contributed by atoms with Gasteiger partial charge in [-0.15, -0.1) is 0 Å². The van der Waals surface area contributed by atoms with Crippen molar-refractivity contribution in [2.24, 2.45) is 5.73 Å². The number of ether oxygens (including phenoxy) is 1. The summed E-state index contributed by atoms with van der Waals surface area (Å²) in [7, 11) is 0. The number of hydrogen-bond donors (Lipinski definition) is 2. The fourth-order valence-corrected chi connectivity index (χ4v) is 1.46. The minimum Gasteiger partial charge on any atom is -0.494 e. The van der Waals surface area contributed by atoms with Crippen LogP contribution in [-0.4, -0.2) is 25.1 Å². The Morgan fingerprint density at radius 2 is 2.11 bits per heavy atom. The summed E-state index contributed by atoms with van der Waals surface area (Å²) in [5.74, 6) is 0.876. The monoisotopic (exact) mass is 250 g/mol. The highest BCUT2D eigenvalue weighted by molar-refractivity contribution is 5.76. The Hall–Kier alpha value is -1.55. The standard InChI is InChI=1S/C14H22N2O2/c1-2-12(15)11-14(17)16-9-6-10-18-13-7-4-3-5-8-13/h3-5,7-8,12H,2,6,9-11,15H2,1H3,(H,16,17). The first kappa shape index (κ1) is 14.5. The second-order valence-corrected chi connectivity index (χ2v) is 4.24. The lowest BCUT2D eigenvalue weighted by molar-refractivity contribution is -0.121. The third kappa shape index (κ3) is 6.25. The van der Waals surface area contributed by atoms with Crippen LogP contribution in [0.3, 0.4) is 0 Å². The van der Waals surface area contributed by atoms with Gasteiger partial charge < -0.3 is 15.8 Å². The number of hydrogen-bond acceptors (Lipinski definition) is 3. The van der Waals surface area contributed by atoms with Crippen LogP contribution >= 0.6 is 0 Å². The van der Waals surface area contributed by atoms with E-state index in [1.807, 2.05) is 37.3 Å². The van der Waals surface area contributed by atoms with E-state index in [1.165, 1.54) is 0 Å². The van der Waals surface area contributed by atoms with Crippen LogP contribution in [0.25, 0.3) is 0 Å². The highest BCUT2D eigenvalue weighted by Crippen LogP contribution is 2.07. The summed E-state index contributed by atoms with van der Waals surface area (Å²) in [5.41, 5.74) is 5.69. The normalized spacial score (nSPS) is 11.9. The molecule has 0 heterocycles. The lowest BCUT2D eigenvalue weighted by Gasteiger charge is -2.09. The quantitative estimate of drug-likeness (QED) is 0.690. The summed E-state index contributed by atoms with van der Waals surface area (Å²) < 4.78 is 5.51. The van der Waals surface area contributed by atoms with E-state index in [4.69, 9.17) is 10.5 Å². The van der Waals surface area contributed by atoms with Gasteiger partial charge in [-0.3, -0.25) is 4.79 Å². The maximum atomic E-state index is 11.4. The number of amides is 1. The van der Waals surface area contributed by atoms with Crippen LogP contribution < -0.4 is 15.8 Å². The smallest absolute Gasteiger partial charge is 0.221 e. The van der Waals surface area contributed by atoms with E-state index in [0.29, 0.717) is 19.6 Å². The molecule has 0 spiro atoms. The van der Waals surface area contributed by atoms with Crippen molar-refractivity contribution < 1.29 is 9.53 Å². The first-order valence-electron chi connectivity index (χ1n) is 6.42. The van der Waals surface area contributed by atoms with Crippen molar-refractivity contribution in [3.05, 3.63) is 30.3 Å². The Bertz CT molecular complexity index is 341. The van der Waals surface area contributed by atoms with E-state index in [1.54, 1.807) is 0 Å². The maximum Gasteiger partial charge on any atom is 0.221 e. The number of carbonyl (C=O) groups is 1. The summed E-state index contributed by atoms with van der Waals surface area (Å²) in [4.78, 5) is 11.4. The average molecular weight is 250 g/mol. The molecule has 0 aliphatic heterocycles. The van der Waals surface area contributed by atoms with Gasteiger partial charge in [-0.05, 0) is 25.0 Å². The summed E-state index contributed by atoms with van der Waals surface area (Å²) >= 11 is 0. The van der Waals surface area contributed by atoms with Crippen molar-refractivity contribution >= 4 is 5.91 Å². The van der Waals surface area contributed by atoms with Crippen molar-refractivity contribution in [3.63, 3.8) is 0 Å². The molecular formula is C14H22N2O2. The van der Waals surface area contributed by atoms with Crippen LogP contribution in [0.4, 0.5) is 0 Å². The molecule has 4 nitrogen and oxygen atoms in total. The molecule has 0 saturated carbocycles. The van der Waals surface area contributed by atoms with Crippen molar-refractivity contribution in [2.45, 2.75) is 32.2 Å². The Morgan fingerprint density at radius 1 is 1.39 bits per heavy atom. The maximum absolute atomic E-state index is 11.4. The molecule has 1 unspecified atom stereocenters. The van der Waals surface area contributed by atoms with Gasteiger partial charge >= 0.3 is 0 Å². The van der Waals surface area contributed by atoms with Crippen molar-refractivity contribution in [3.8, 4) is 5.75 Å². The molecule has 100 valence electrons. The van der Waals surface area contributed by atoms with E-state index in [0.717, 1.165) is 18.6 Å². The molecule has 0 bridgehead atoms. The Kier molecular flexibility index (Phi) is 6.87. The zero-order valence-electron chi connectivity index (χ0n) is 10.9. The molecular weight excluding hydrogens is 228 g/mol. The number of rotatable bonds is 8. The van der Waals surface area contributed by atoms with Crippen molar-refractivity contribution in [2.75, 3.05) is 13.2 Å². The van der Waals surface area contributed by atoms with Crippen LogP contribution in [0, 0.1) is 0 Å². The molecule has 3 N–H and O–H groups in total. The first-order chi connectivity index (χ1) is 8.72. The van der Waals surface area contributed by atoms with E-state index < -0.39 is 0 Å². The van der Waals surface area contributed by atoms with E-state index in [-0.39, 0.29) is 11.9 Å². The van der Waals surface area contributed by atoms with Gasteiger partial charge in [-0.25, -0.2) is 0 Å². The summed E-state index contributed by atoms with van der Waals surface area (Å²) in [6, 6.07) is 9.61. The highest BCUT2D eigenvalue weighted by atomic mass is 16.5. The summed E-state index contributed by atoms with van der Waals surface area (Å²) in [5, 5.41) is 2.84. The molecule has 1 aromatic rings. The minimum absolute atomic E-state index is 0.0176. The molecule has 1 atom stereocenters. The highest BCUT2D eigenvalue weighted by Gasteiger charge is 2.06. The van der Waals surface area contributed by atoms with Crippen LogP contribution in [0.1, 0.15) is 26.2 Å². The number of para-hydroxylation sites is 1. The van der Waals surface area contributed by atoms with Gasteiger partial charge in [0.05, 0.1) is 6.61 Å². The van der Waals surface area contributed by atoms with Gasteiger partial charge in [0.25, 0.3) is 0 Å². The molecule has 0 aliphatic rings. The van der Waals surface area contributed by atoms with Crippen LogP contribution in [0.5, 0.6) is 5.75 Å². The van der Waals surface area contributed by atoms with E-state index >= 15 is 0 Å². The molecule has 0 aliphatic carbocycles. The first-order valence-corrected chi connectivity index (χ1v) is 6.42. The Labute approximate surface area is 109 Å². The van der Waals surface area contributed by atoms with Gasteiger partial charge in [0, 0.05) is 19.0 Å². The molecule has 4 heteroatoms. The van der Waals surface area contributed by atoms with E-state index in [2.05, 4.69) is 5.32 Å². The van der Waals surface area contributed by atoms with Gasteiger partial charge in [-0.1, -0.05) is 25.1 Å². The van der Waals surface area contributed by atoms with Crippen LogP contribution in [0.15, 0.2) is 30.3 Å². The van der Waals surface area contributed by atoms with Crippen LogP contribution in [-0.2, 0) is 4.79 Å². The molecule has 0 saturated heterocycles. The lowest BCUT2D eigenvalue weighted by atomic mass is 10.1. The number of benzene rings is 1. The van der Waals surface area contributed by atoms with Gasteiger partial charge in [-0.2, -0.15) is 0 Å². The Balaban J connectivity index is 2.03. The third-order valence-electron chi connectivity index (χ3n) is 2.63. The van der Waals surface area contributed by atoms with Gasteiger partial charge in [0.1, 0.15) is 5.75 Å². The topological polar surface area (TPSA) is 64.4 Å². The molecule has 0 aromatic heterocycles. The molecule has 18 heavy (non-hydrogen) atoms. The molecule has 1 amide bonds. The fraction of sp³-hybridized carbons (Fsp3) is 0.500. The zero-order valence-corrected chi connectivity index (χ0v) is 10.9. The summed E-state index contributed by atoms with van der Waals surface area (Å²) in [6.07, 6.45) is 2.02. The number of nitrogens with one attached hydrogen (secondary N) is 1. The fourth-order valence-electron chi connectivity index (χ4n) is 1.46. The lowest BCUT2D eigenvalue weighted by Crippen LogP contribution is -2.32. The van der Waals surface area contributed by atoms with Gasteiger partial charge in [0.2, 0.25) is 5.91 Å². The van der Waals surface area contributed by atoms with Gasteiger partial charge in [0.15, 0.2) is 0 Å².